The molecule has 0 spiro atoms. The SMILES string of the molecule is Cc1cc(C2CC(=O)c3ccc(OCc4ccc(C(N)=O)cc4)c(C)c3O2)cc(C)n1. The van der Waals surface area contributed by atoms with Crippen LogP contribution in [0.25, 0.3) is 0 Å². The van der Waals surface area contributed by atoms with Gasteiger partial charge < -0.3 is 15.2 Å². The maximum absolute atomic E-state index is 12.8. The number of nitrogens with two attached hydrogens (primary N) is 1. The van der Waals surface area contributed by atoms with E-state index in [0.717, 1.165) is 28.1 Å². The lowest BCUT2D eigenvalue weighted by atomic mass is 9.94. The number of fused-ring (bicyclic) bond motifs is 1. The molecule has 1 aliphatic rings. The van der Waals surface area contributed by atoms with Gasteiger partial charge in [-0.15, -0.1) is 0 Å². The Hall–Kier alpha value is -3.67. The summed E-state index contributed by atoms with van der Waals surface area (Å²) in [4.78, 5) is 28.4. The number of rotatable bonds is 5. The lowest BCUT2D eigenvalue weighted by molar-refractivity contribution is 0.0846. The summed E-state index contributed by atoms with van der Waals surface area (Å²) in [5.41, 5.74) is 10.7. The van der Waals surface area contributed by atoms with E-state index in [1.165, 1.54) is 0 Å². The monoisotopic (exact) mass is 416 g/mol. The highest BCUT2D eigenvalue weighted by Crippen LogP contribution is 2.40. The molecule has 0 bridgehead atoms. The molecule has 2 heterocycles. The number of nitrogens with zero attached hydrogens (tertiary/aromatic N) is 1. The molecule has 1 amide bonds. The van der Waals surface area contributed by atoms with Gasteiger partial charge >= 0.3 is 0 Å². The highest BCUT2D eigenvalue weighted by atomic mass is 16.5. The summed E-state index contributed by atoms with van der Waals surface area (Å²) < 4.78 is 12.3. The molecule has 3 aromatic rings. The van der Waals surface area contributed by atoms with Crippen molar-refractivity contribution in [3.05, 3.63) is 87.7 Å². The van der Waals surface area contributed by atoms with E-state index in [2.05, 4.69) is 4.98 Å². The predicted octanol–water partition coefficient (Wildman–Crippen LogP) is 4.39. The second-order valence-corrected chi connectivity index (χ2v) is 7.83. The van der Waals surface area contributed by atoms with Gasteiger partial charge in [0, 0.05) is 22.5 Å². The average Bonchev–Trinajstić information content (AvgIpc) is 2.73. The third-order valence-electron chi connectivity index (χ3n) is 5.40. The molecular formula is C25H24N2O4. The predicted molar refractivity (Wildman–Crippen MR) is 116 cm³/mol. The van der Waals surface area contributed by atoms with Crippen molar-refractivity contribution in [2.45, 2.75) is 39.9 Å². The first-order chi connectivity index (χ1) is 14.8. The van der Waals surface area contributed by atoms with E-state index < -0.39 is 5.91 Å². The van der Waals surface area contributed by atoms with E-state index in [1.807, 2.05) is 32.9 Å². The van der Waals surface area contributed by atoms with Crippen molar-refractivity contribution in [3.63, 3.8) is 0 Å². The number of hydrogen-bond donors (Lipinski definition) is 1. The number of aryl methyl sites for hydroxylation is 2. The Kier molecular flexibility index (Phi) is 5.46. The van der Waals surface area contributed by atoms with Crippen molar-refractivity contribution in [3.8, 4) is 11.5 Å². The van der Waals surface area contributed by atoms with E-state index >= 15 is 0 Å². The van der Waals surface area contributed by atoms with Gasteiger partial charge in [-0.05, 0) is 68.3 Å². The molecule has 1 aliphatic heterocycles. The molecule has 2 N–H and O–H groups in total. The van der Waals surface area contributed by atoms with E-state index in [9.17, 15) is 9.59 Å². The summed E-state index contributed by atoms with van der Waals surface area (Å²) in [6.07, 6.45) is -0.0578. The number of hydrogen-bond acceptors (Lipinski definition) is 5. The molecule has 158 valence electrons. The molecule has 0 saturated heterocycles. The summed E-state index contributed by atoms with van der Waals surface area (Å²) in [6.45, 7) is 6.08. The maximum atomic E-state index is 12.8. The largest absolute Gasteiger partial charge is 0.488 e. The van der Waals surface area contributed by atoms with Crippen molar-refractivity contribution in [1.82, 2.24) is 4.98 Å². The molecule has 2 aromatic carbocycles. The zero-order valence-corrected chi connectivity index (χ0v) is 17.8. The fraction of sp³-hybridized carbons (Fsp3) is 0.240. The first-order valence-corrected chi connectivity index (χ1v) is 10.1. The topological polar surface area (TPSA) is 91.5 Å². The molecule has 0 saturated carbocycles. The minimum absolute atomic E-state index is 0.0510. The van der Waals surface area contributed by atoms with Crippen LogP contribution in [0.15, 0.2) is 48.5 Å². The molecule has 0 radical (unpaired) electrons. The number of benzene rings is 2. The van der Waals surface area contributed by atoms with Gasteiger partial charge in [-0.3, -0.25) is 14.6 Å². The number of carbonyl (C=O) groups excluding carboxylic acids is 2. The molecule has 6 nitrogen and oxygen atoms in total. The van der Waals surface area contributed by atoms with Crippen molar-refractivity contribution in [1.29, 1.82) is 0 Å². The highest BCUT2D eigenvalue weighted by molar-refractivity contribution is 6.00. The van der Waals surface area contributed by atoms with Crippen LogP contribution < -0.4 is 15.2 Å². The van der Waals surface area contributed by atoms with Crippen molar-refractivity contribution in [2.24, 2.45) is 5.73 Å². The van der Waals surface area contributed by atoms with Crippen LogP contribution in [0.3, 0.4) is 0 Å². The van der Waals surface area contributed by atoms with Gasteiger partial charge in [-0.2, -0.15) is 0 Å². The molecule has 0 fully saturated rings. The van der Waals surface area contributed by atoms with E-state index in [4.69, 9.17) is 15.2 Å². The summed E-state index contributed by atoms with van der Waals surface area (Å²) in [5, 5.41) is 0. The Balaban J connectivity index is 1.57. The van der Waals surface area contributed by atoms with Crippen LogP contribution in [-0.2, 0) is 6.61 Å². The second kappa shape index (κ2) is 8.22. The Labute approximate surface area is 181 Å². The van der Waals surface area contributed by atoms with Gasteiger partial charge in [-0.25, -0.2) is 0 Å². The number of Topliss-reactive ketones (excluding diaryl/α,β-unsaturated/α-hetero) is 1. The van der Waals surface area contributed by atoms with Crippen LogP contribution in [0.2, 0.25) is 0 Å². The minimum atomic E-state index is -0.464. The number of primary amides is 1. The Bertz CT molecular complexity index is 1150. The summed E-state index contributed by atoms with van der Waals surface area (Å²) in [7, 11) is 0. The van der Waals surface area contributed by atoms with Crippen LogP contribution in [0.5, 0.6) is 11.5 Å². The normalized spacial score (nSPS) is 15.2. The quantitative estimate of drug-likeness (QED) is 0.666. The van der Waals surface area contributed by atoms with Crippen LogP contribution in [0.1, 0.15) is 61.3 Å². The minimum Gasteiger partial charge on any atom is -0.488 e. The lowest BCUT2D eigenvalue weighted by Gasteiger charge is -2.28. The molecular weight excluding hydrogens is 392 g/mol. The summed E-state index contributed by atoms with van der Waals surface area (Å²) in [6, 6.07) is 14.4. The average molecular weight is 416 g/mol. The van der Waals surface area contributed by atoms with Gasteiger partial charge in [0.2, 0.25) is 5.91 Å². The Morgan fingerprint density at radius 2 is 1.77 bits per heavy atom. The lowest BCUT2D eigenvalue weighted by Crippen LogP contribution is -2.21. The summed E-state index contributed by atoms with van der Waals surface area (Å²) >= 11 is 0. The number of pyridine rings is 1. The van der Waals surface area contributed by atoms with Crippen LogP contribution in [0, 0.1) is 20.8 Å². The van der Waals surface area contributed by atoms with Crippen molar-refractivity contribution in [2.75, 3.05) is 0 Å². The highest BCUT2D eigenvalue weighted by Gasteiger charge is 2.30. The molecule has 31 heavy (non-hydrogen) atoms. The molecule has 0 aliphatic carbocycles. The fourth-order valence-corrected chi connectivity index (χ4v) is 3.83. The molecule has 6 heteroatoms. The molecule has 1 atom stereocenters. The third kappa shape index (κ3) is 4.28. The fourth-order valence-electron chi connectivity index (χ4n) is 3.83. The van der Waals surface area contributed by atoms with Crippen molar-refractivity contribution >= 4 is 11.7 Å². The van der Waals surface area contributed by atoms with Gasteiger partial charge in [0.15, 0.2) is 5.78 Å². The second-order valence-electron chi connectivity index (χ2n) is 7.83. The number of carbonyl (C=O) groups is 2. The molecule has 4 rings (SSSR count). The summed E-state index contributed by atoms with van der Waals surface area (Å²) in [5.74, 6) is 0.798. The van der Waals surface area contributed by atoms with Crippen LogP contribution in [0.4, 0.5) is 0 Å². The van der Waals surface area contributed by atoms with E-state index in [-0.39, 0.29) is 11.9 Å². The van der Waals surface area contributed by atoms with Crippen molar-refractivity contribution < 1.29 is 19.1 Å². The molecule has 1 unspecified atom stereocenters. The maximum Gasteiger partial charge on any atom is 0.248 e. The Morgan fingerprint density at radius 1 is 1.10 bits per heavy atom. The third-order valence-corrected chi connectivity index (χ3v) is 5.40. The van der Waals surface area contributed by atoms with Gasteiger partial charge in [0.1, 0.15) is 24.2 Å². The molecule has 1 aromatic heterocycles. The number of ketones is 1. The van der Waals surface area contributed by atoms with Crippen LogP contribution in [-0.4, -0.2) is 16.7 Å². The zero-order chi connectivity index (χ0) is 22.1. The van der Waals surface area contributed by atoms with E-state index in [1.54, 1.807) is 36.4 Å². The smallest absolute Gasteiger partial charge is 0.248 e. The Morgan fingerprint density at radius 3 is 2.42 bits per heavy atom. The number of aromatic nitrogens is 1. The van der Waals surface area contributed by atoms with Crippen LogP contribution >= 0.6 is 0 Å². The first kappa shape index (κ1) is 20.6. The van der Waals surface area contributed by atoms with E-state index in [0.29, 0.717) is 35.7 Å². The number of ether oxygens (including phenoxy) is 2. The first-order valence-electron chi connectivity index (χ1n) is 10.1. The van der Waals surface area contributed by atoms with Gasteiger partial charge in [0.05, 0.1) is 12.0 Å². The number of amides is 1. The van der Waals surface area contributed by atoms with Gasteiger partial charge in [-0.1, -0.05) is 12.1 Å². The standard InChI is InChI=1S/C25H24N2O4/c1-14-10-19(11-15(2)27-14)23-12-21(28)20-8-9-22(16(3)24(20)31-23)30-13-17-4-6-18(7-5-17)25(26)29/h4-11,23H,12-13H2,1-3H3,(H2,26,29). The van der Waals surface area contributed by atoms with Gasteiger partial charge in [0.25, 0.3) is 0 Å². The zero-order valence-electron chi connectivity index (χ0n) is 17.8.